The molecule has 0 amide bonds. The lowest BCUT2D eigenvalue weighted by Gasteiger charge is -2.10. The number of nitrogens with two attached hydrogens (primary N) is 1. The molecule has 3 nitrogen and oxygen atoms in total. The Morgan fingerprint density at radius 1 is 1.05 bits per heavy atom. The molecule has 0 aliphatic carbocycles. The van der Waals surface area contributed by atoms with Crippen LogP contribution in [-0.2, 0) is 6.42 Å². The molecule has 4 heteroatoms. The van der Waals surface area contributed by atoms with E-state index in [2.05, 4.69) is 9.97 Å². The van der Waals surface area contributed by atoms with Crippen LogP contribution in [0.15, 0.2) is 24.3 Å². The molecule has 100 valence electrons. The fourth-order valence-corrected chi connectivity index (χ4v) is 2.11. The summed E-state index contributed by atoms with van der Waals surface area (Å²) < 4.78 is 12.9. The van der Waals surface area contributed by atoms with Gasteiger partial charge in [-0.25, -0.2) is 14.4 Å². The van der Waals surface area contributed by atoms with Crippen molar-refractivity contribution in [1.29, 1.82) is 0 Å². The first-order chi connectivity index (χ1) is 9.11. The zero-order valence-electron chi connectivity index (χ0n) is 11.3. The molecule has 1 heterocycles. The highest BCUT2D eigenvalue weighted by Crippen LogP contribution is 2.20. The Kier molecular flexibility index (Phi) is 4.22. The van der Waals surface area contributed by atoms with E-state index in [0.29, 0.717) is 12.4 Å². The van der Waals surface area contributed by atoms with Gasteiger partial charge in [0.2, 0.25) is 0 Å². The summed E-state index contributed by atoms with van der Waals surface area (Å²) in [4.78, 5) is 9.02. The summed E-state index contributed by atoms with van der Waals surface area (Å²) in [6.07, 6.45) is 1.83. The molecular weight excluding hydrogens is 241 g/mol. The van der Waals surface area contributed by atoms with E-state index in [4.69, 9.17) is 5.73 Å². The Balaban J connectivity index is 2.36. The number of halogens is 1. The van der Waals surface area contributed by atoms with Crippen molar-refractivity contribution in [1.82, 2.24) is 9.97 Å². The summed E-state index contributed by atoms with van der Waals surface area (Å²) >= 11 is 0. The minimum absolute atomic E-state index is 0.253. The molecule has 2 rings (SSSR count). The molecule has 0 aliphatic rings. The van der Waals surface area contributed by atoms with Crippen molar-refractivity contribution in [2.75, 3.05) is 6.54 Å². The summed E-state index contributed by atoms with van der Waals surface area (Å²) in [6.45, 7) is 4.62. The van der Waals surface area contributed by atoms with E-state index in [0.717, 1.165) is 35.4 Å². The van der Waals surface area contributed by atoms with Crippen LogP contribution in [0.1, 0.15) is 23.4 Å². The number of nitrogens with zero attached hydrogens (tertiary/aromatic N) is 2. The van der Waals surface area contributed by atoms with E-state index < -0.39 is 0 Å². The monoisotopic (exact) mass is 259 g/mol. The molecule has 0 radical (unpaired) electrons. The number of aryl methyl sites for hydroxylation is 2. The highest BCUT2D eigenvalue weighted by molar-refractivity contribution is 5.55. The third-order valence-electron chi connectivity index (χ3n) is 3.15. The zero-order valence-corrected chi connectivity index (χ0v) is 11.3. The maximum atomic E-state index is 12.9. The molecule has 0 fully saturated rings. The largest absolute Gasteiger partial charge is 0.330 e. The third kappa shape index (κ3) is 3.15. The van der Waals surface area contributed by atoms with Gasteiger partial charge in [0.15, 0.2) is 5.82 Å². The second-order valence-electron chi connectivity index (χ2n) is 4.60. The maximum absolute atomic E-state index is 12.9. The SMILES string of the molecule is Cc1nc(-c2ccc(F)cc2)nc(C)c1CCCN. The number of rotatable bonds is 4. The fraction of sp³-hybridized carbons (Fsp3) is 0.333. The van der Waals surface area contributed by atoms with Gasteiger partial charge < -0.3 is 5.73 Å². The Morgan fingerprint density at radius 2 is 1.63 bits per heavy atom. The molecule has 0 spiro atoms. The van der Waals surface area contributed by atoms with Crippen molar-refractivity contribution in [2.45, 2.75) is 26.7 Å². The van der Waals surface area contributed by atoms with Crippen molar-refractivity contribution < 1.29 is 4.39 Å². The van der Waals surface area contributed by atoms with Gasteiger partial charge >= 0.3 is 0 Å². The molecule has 2 N–H and O–H groups in total. The normalized spacial score (nSPS) is 10.7. The lowest BCUT2D eigenvalue weighted by atomic mass is 10.1. The van der Waals surface area contributed by atoms with E-state index in [-0.39, 0.29) is 5.82 Å². The standard InChI is InChI=1S/C15H18FN3/c1-10-14(4-3-9-17)11(2)19-15(18-10)12-5-7-13(16)8-6-12/h5-8H,3-4,9,17H2,1-2H3. The van der Waals surface area contributed by atoms with Crippen molar-refractivity contribution >= 4 is 0 Å². The van der Waals surface area contributed by atoms with Crippen molar-refractivity contribution in [2.24, 2.45) is 5.73 Å². The van der Waals surface area contributed by atoms with Crippen LogP contribution in [0.25, 0.3) is 11.4 Å². The Hall–Kier alpha value is -1.81. The van der Waals surface area contributed by atoms with E-state index in [1.807, 2.05) is 13.8 Å². The lowest BCUT2D eigenvalue weighted by Crippen LogP contribution is -2.06. The second kappa shape index (κ2) is 5.89. The van der Waals surface area contributed by atoms with Gasteiger partial charge in [-0.15, -0.1) is 0 Å². The number of benzene rings is 1. The predicted octanol–water partition coefficient (Wildman–Crippen LogP) is 2.79. The summed E-state index contributed by atoms with van der Waals surface area (Å²) in [5, 5.41) is 0. The van der Waals surface area contributed by atoms with Crippen LogP contribution in [0.5, 0.6) is 0 Å². The molecule has 1 aromatic heterocycles. The second-order valence-corrected chi connectivity index (χ2v) is 4.60. The summed E-state index contributed by atoms with van der Waals surface area (Å²) in [5.41, 5.74) is 9.47. The van der Waals surface area contributed by atoms with Crippen LogP contribution in [0.4, 0.5) is 4.39 Å². The summed E-state index contributed by atoms with van der Waals surface area (Å²) in [5.74, 6) is 0.392. The molecule has 0 saturated carbocycles. The van der Waals surface area contributed by atoms with Gasteiger partial charge in [0, 0.05) is 17.0 Å². The minimum atomic E-state index is -0.253. The molecule has 0 bridgehead atoms. The summed E-state index contributed by atoms with van der Waals surface area (Å²) in [7, 11) is 0. The molecule has 0 saturated heterocycles. The Bertz CT molecular complexity index is 541. The summed E-state index contributed by atoms with van der Waals surface area (Å²) in [6, 6.07) is 6.24. The van der Waals surface area contributed by atoms with Gasteiger partial charge in [-0.05, 0) is 63.1 Å². The van der Waals surface area contributed by atoms with Crippen LogP contribution in [0, 0.1) is 19.7 Å². The number of aromatic nitrogens is 2. The average molecular weight is 259 g/mol. The first-order valence-corrected chi connectivity index (χ1v) is 6.42. The topological polar surface area (TPSA) is 51.8 Å². The number of hydrogen-bond donors (Lipinski definition) is 1. The van der Waals surface area contributed by atoms with Gasteiger partial charge in [0.05, 0.1) is 0 Å². The quantitative estimate of drug-likeness (QED) is 0.918. The van der Waals surface area contributed by atoms with Gasteiger partial charge in [-0.3, -0.25) is 0 Å². The van der Waals surface area contributed by atoms with Crippen molar-refractivity contribution in [3.05, 3.63) is 47.0 Å². The van der Waals surface area contributed by atoms with Crippen molar-refractivity contribution in [3.8, 4) is 11.4 Å². The van der Waals surface area contributed by atoms with Gasteiger partial charge in [0.1, 0.15) is 5.82 Å². The molecule has 19 heavy (non-hydrogen) atoms. The average Bonchev–Trinajstić information content (AvgIpc) is 2.38. The van der Waals surface area contributed by atoms with Gasteiger partial charge in [-0.1, -0.05) is 0 Å². The zero-order chi connectivity index (χ0) is 13.8. The molecule has 0 aliphatic heterocycles. The van der Waals surface area contributed by atoms with Crippen LogP contribution in [0.2, 0.25) is 0 Å². The van der Waals surface area contributed by atoms with Crippen molar-refractivity contribution in [3.63, 3.8) is 0 Å². The Labute approximate surface area is 112 Å². The molecule has 0 unspecified atom stereocenters. The maximum Gasteiger partial charge on any atom is 0.159 e. The minimum Gasteiger partial charge on any atom is -0.330 e. The third-order valence-corrected chi connectivity index (χ3v) is 3.15. The van der Waals surface area contributed by atoms with E-state index in [9.17, 15) is 4.39 Å². The first kappa shape index (κ1) is 13.6. The smallest absolute Gasteiger partial charge is 0.159 e. The van der Waals surface area contributed by atoms with E-state index >= 15 is 0 Å². The van der Waals surface area contributed by atoms with Gasteiger partial charge in [-0.2, -0.15) is 0 Å². The first-order valence-electron chi connectivity index (χ1n) is 6.42. The lowest BCUT2D eigenvalue weighted by molar-refractivity contribution is 0.628. The Morgan fingerprint density at radius 3 is 2.16 bits per heavy atom. The molecular formula is C15H18FN3. The predicted molar refractivity (Wildman–Crippen MR) is 74.3 cm³/mol. The highest BCUT2D eigenvalue weighted by atomic mass is 19.1. The van der Waals surface area contributed by atoms with E-state index in [1.54, 1.807) is 12.1 Å². The van der Waals surface area contributed by atoms with Crippen LogP contribution >= 0.6 is 0 Å². The van der Waals surface area contributed by atoms with E-state index in [1.165, 1.54) is 12.1 Å². The van der Waals surface area contributed by atoms with Crippen LogP contribution in [-0.4, -0.2) is 16.5 Å². The van der Waals surface area contributed by atoms with Crippen LogP contribution < -0.4 is 5.73 Å². The highest BCUT2D eigenvalue weighted by Gasteiger charge is 2.09. The van der Waals surface area contributed by atoms with Crippen LogP contribution in [0.3, 0.4) is 0 Å². The number of hydrogen-bond acceptors (Lipinski definition) is 3. The van der Waals surface area contributed by atoms with Gasteiger partial charge in [0.25, 0.3) is 0 Å². The molecule has 1 aromatic carbocycles. The molecule has 2 aromatic rings. The molecule has 0 atom stereocenters. The fourth-order valence-electron chi connectivity index (χ4n) is 2.11.